The largest absolute Gasteiger partial charge is 0.342 e. The Bertz CT molecular complexity index is 947. The van der Waals surface area contributed by atoms with E-state index in [4.69, 9.17) is 0 Å². The third-order valence-electron chi connectivity index (χ3n) is 7.59. The van der Waals surface area contributed by atoms with Crippen LogP contribution in [0.1, 0.15) is 62.0 Å². The van der Waals surface area contributed by atoms with Gasteiger partial charge in [0, 0.05) is 37.4 Å². The third-order valence-corrected chi connectivity index (χ3v) is 8.60. The Morgan fingerprint density at radius 2 is 1.71 bits per heavy atom. The summed E-state index contributed by atoms with van der Waals surface area (Å²) in [4.78, 5) is 32.3. The van der Waals surface area contributed by atoms with Crippen LogP contribution in [-0.2, 0) is 4.79 Å². The smallest absolute Gasteiger partial charge is 0.289 e. The lowest BCUT2D eigenvalue weighted by atomic mass is 9.96. The number of nitrogens with zero attached hydrogens (tertiary/aromatic N) is 3. The SMILES string of the molecule is CN(NC(=O)c1csc(C2CCN(C(=O)C3C(C)(C)C3(C)C)CC2)n1)c1ccccc1. The van der Waals surface area contributed by atoms with Crippen molar-refractivity contribution in [3.8, 4) is 0 Å². The first-order chi connectivity index (χ1) is 14.6. The fourth-order valence-corrected chi connectivity index (χ4v) is 5.82. The van der Waals surface area contributed by atoms with Gasteiger partial charge in [-0.1, -0.05) is 45.9 Å². The summed E-state index contributed by atoms with van der Waals surface area (Å²) >= 11 is 1.54. The van der Waals surface area contributed by atoms with Gasteiger partial charge in [-0.15, -0.1) is 11.3 Å². The molecule has 7 heteroatoms. The van der Waals surface area contributed by atoms with Gasteiger partial charge < -0.3 is 4.90 Å². The molecule has 0 unspecified atom stereocenters. The van der Waals surface area contributed by atoms with Gasteiger partial charge in [-0.05, 0) is 35.8 Å². The number of hydrogen-bond donors (Lipinski definition) is 1. The molecule has 0 radical (unpaired) electrons. The molecule has 2 amide bonds. The molecule has 1 saturated carbocycles. The Balaban J connectivity index is 1.32. The molecule has 1 aromatic heterocycles. The Labute approximate surface area is 188 Å². The molecule has 2 heterocycles. The number of hydrazine groups is 1. The number of carbonyl (C=O) groups excluding carboxylic acids is 2. The van der Waals surface area contributed by atoms with Crippen LogP contribution in [0.2, 0.25) is 0 Å². The van der Waals surface area contributed by atoms with E-state index in [9.17, 15) is 9.59 Å². The predicted octanol–water partition coefficient (Wildman–Crippen LogP) is 4.31. The number of amides is 2. The highest BCUT2D eigenvalue weighted by Gasteiger charge is 2.68. The number of thiazole rings is 1. The first-order valence-electron chi connectivity index (χ1n) is 11.0. The first kappa shape index (κ1) is 21.8. The van der Waals surface area contributed by atoms with Gasteiger partial charge in [0.1, 0.15) is 5.69 Å². The number of carbonyl (C=O) groups is 2. The maximum Gasteiger partial charge on any atom is 0.289 e. The van der Waals surface area contributed by atoms with Crippen LogP contribution >= 0.6 is 11.3 Å². The molecule has 0 spiro atoms. The molecule has 4 rings (SSSR count). The lowest BCUT2D eigenvalue weighted by Gasteiger charge is -2.32. The molecular formula is C24H32N4O2S. The number of piperidine rings is 1. The standard InChI is InChI=1S/C24H32N4O2S/c1-23(2)19(24(23,3)4)22(30)28-13-11-16(12-14-28)21-25-18(15-31-21)20(29)26-27(5)17-9-7-6-8-10-17/h6-10,15-16,19H,11-14H2,1-5H3,(H,26,29). The van der Waals surface area contributed by atoms with Crippen LogP contribution in [0, 0.1) is 16.7 Å². The fraction of sp³-hybridized carbons (Fsp3) is 0.542. The van der Waals surface area contributed by atoms with Crippen molar-refractivity contribution in [2.75, 3.05) is 25.1 Å². The summed E-state index contributed by atoms with van der Waals surface area (Å²) in [5.41, 5.74) is 4.38. The predicted molar refractivity (Wildman–Crippen MR) is 124 cm³/mol. The van der Waals surface area contributed by atoms with Crippen molar-refractivity contribution >= 4 is 28.8 Å². The van der Waals surface area contributed by atoms with Crippen LogP contribution in [0.3, 0.4) is 0 Å². The van der Waals surface area contributed by atoms with Crippen LogP contribution in [-0.4, -0.2) is 41.8 Å². The summed E-state index contributed by atoms with van der Waals surface area (Å²) in [5, 5.41) is 4.52. The molecule has 1 aromatic carbocycles. The molecule has 1 saturated heterocycles. The summed E-state index contributed by atoms with van der Waals surface area (Å²) < 4.78 is 0. The summed E-state index contributed by atoms with van der Waals surface area (Å²) in [6.07, 6.45) is 1.80. The quantitative estimate of drug-likeness (QED) is 0.704. The monoisotopic (exact) mass is 440 g/mol. The lowest BCUT2D eigenvalue weighted by molar-refractivity contribution is -0.134. The van der Waals surface area contributed by atoms with Gasteiger partial charge in [-0.25, -0.2) is 4.98 Å². The Morgan fingerprint density at radius 1 is 1.10 bits per heavy atom. The third kappa shape index (κ3) is 3.95. The van der Waals surface area contributed by atoms with E-state index < -0.39 is 0 Å². The van der Waals surface area contributed by atoms with Gasteiger partial charge in [0.15, 0.2) is 0 Å². The number of rotatable bonds is 5. The Morgan fingerprint density at radius 3 is 2.29 bits per heavy atom. The molecule has 0 bridgehead atoms. The highest BCUT2D eigenvalue weighted by atomic mass is 32.1. The van der Waals surface area contributed by atoms with E-state index >= 15 is 0 Å². The van der Waals surface area contributed by atoms with E-state index in [1.165, 1.54) is 0 Å². The minimum Gasteiger partial charge on any atom is -0.342 e. The number of para-hydroxylation sites is 1. The molecule has 2 aromatic rings. The highest BCUT2D eigenvalue weighted by molar-refractivity contribution is 7.09. The van der Waals surface area contributed by atoms with Crippen LogP contribution in [0.15, 0.2) is 35.7 Å². The molecule has 31 heavy (non-hydrogen) atoms. The zero-order valence-corrected chi connectivity index (χ0v) is 19.8. The van der Waals surface area contributed by atoms with E-state index in [2.05, 4.69) is 38.1 Å². The minimum atomic E-state index is -0.209. The molecule has 166 valence electrons. The van der Waals surface area contributed by atoms with Gasteiger partial charge in [-0.3, -0.25) is 20.0 Å². The van der Waals surface area contributed by atoms with Crippen molar-refractivity contribution in [3.05, 3.63) is 46.4 Å². The molecule has 1 N–H and O–H groups in total. The summed E-state index contributed by atoms with van der Waals surface area (Å²) in [5.74, 6) is 0.521. The Kier molecular flexibility index (Phi) is 5.58. The second-order valence-electron chi connectivity index (χ2n) is 9.88. The van der Waals surface area contributed by atoms with Crippen molar-refractivity contribution in [3.63, 3.8) is 0 Å². The number of anilines is 1. The normalized spacial score (nSPS) is 20.4. The van der Waals surface area contributed by atoms with Crippen molar-refractivity contribution < 1.29 is 9.59 Å². The average Bonchev–Trinajstić information content (AvgIpc) is 3.09. The molecular weight excluding hydrogens is 408 g/mol. The number of likely N-dealkylation sites (tertiary alicyclic amines) is 1. The Hall–Kier alpha value is -2.41. The summed E-state index contributed by atoms with van der Waals surface area (Å²) in [7, 11) is 1.82. The van der Waals surface area contributed by atoms with E-state index in [0.29, 0.717) is 17.5 Å². The van der Waals surface area contributed by atoms with Crippen LogP contribution in [0.25, 0.3) is 0 Å². The van der Waals surface area contributed by atoms with E-state index in [1.54, 1.807) is 16.3 Å². The van der Waals surface area contributed by atoms with Crippen molar-refractivity contribution in [2.45, 2.75) is 46.5 Å². The highest BCUT2D eigenvalue weighted by Crippen LogP contribution is 2.68. The number of aromatic nitrogens is 1. The van der Waals surface area contributed by atoms with Crippen LogP contribution < -0.4 is 10.4 Å². The maximum absolute atomic E-state index is 13.0. The van der Waals surface area contributed by atoms with Gasteiger partial charge in [-0.2, -0.15) is 0 Å². The molecule has 1 aliphatic carbocycles. The molecule has 6 nitrogen and oxygen atoms in total. The molecule has 2 aliphatic rings. The summed E-state index contributed by atoms with van der Waals surface area (Å²) in [6, 6.07) is 9.68. The second-order valence-corrected chi connectivity index (χ2v) is 10.8. The van der Waals surface area contributed by atoms with Crippen molar-refractivity contribution in [2.24, 2.45) is 16.7 Å². The second kappa shape index (κ2) is 7.93. The number of nitrogens with one attached hydrogen (secondary N) is 1. The maximum atomic E-state index is 13.0. The van der Waals surface area contributed by atoms with Crippen LogP contribution in [0.5, 0.6) is 0 Å². The van der Waals surface area contributed by atoms with Crippen LogP contribution in [0.4, 0.5) is 5.69 Å². The average molecular weight is 441 g/mol. The van der Waals surface area contributed by atoms with Gasteiger partial charge in [0.2, 0.25) is 5.91 Å². The molecule has 0 atom stereocenters. The van der Waals surface area contributed by atoms with Gasteiger partial charge in [0.25, 0.3) is 5.91 Å². The zero-order chi connectivity index (χ0) is 22.4. The van der Waals surface area contributed by atoms with Crippen molar-refractivity contribution in [1.82, 2.24) is 15.3 Å². The molecule has 2 fully saturated rings. The number of benzene rings is 1. The fourth-order valence-electron chi connectivity index (χ4n) is 4.85. The van der Waals surface area contributed by atoms with E-state index in [1.807, 2.05) is 47.7 Å². The van der Waals surface area contributed by atoms with Crippen molar-refractivity contribution in [1.29, 1.82) is 0 Å². The first-order valence-corrected chi connectivity index (χ1v) is 11.8. The van der Waals surface area contributed by atoms with Gasteiger partial charge >= 0.3 is 0 Å². The van der Waals surface area contributed by atoms with E-state index in [-0.39, 0.29) is 22.7 Å². The zero-order valence-electron chi connectivity index (χ0n) is 19.0. The van der Waals surface area contributed by atoms with Gasteiger partial charge in [0.05, 0.1) is 10.7 Å². The molecule has 1 aliphatic heterocycles. The topological polar surface area (TPSA) is 65.5 Å². The van der Waals surface area contributed by atoms with E-state index in [0.717, 1.165) is 36.6 Å². The summed E-state index contributed by atoms with van der Waals surface area (Å²) in [6.45, 7) is 10.3. The minimum absolute atomic E-state index is 0.0748. The lowest BCUT2D eigenvalue weighted by Crippen LogP contribution is -2.40. The number of hydrogen-bond acceptors (Lipinski definition) is 5.